The highest BCUT2D eigenvalue weighted by Gasteiger charge is 2.63. The van der Waals surface area contributed by atoms with Crippen molar-refractivity contribution in [2.24, 2.45) is 23.2 Å². The first-order valence-electron chi connectivity index (χ1n) is 9.80. The molecule has 0 amide bonds. The number of Topliss-reactive ketones (excluding diaryl/α,β-unsaturated/α-hetero) is 1. The molecule has 0 saturated heterocycles. The molecular weight excluding hydrogens is 312 g/mol. The zero-order valence-electron chi connectivity index (χ0n) is 15.4. The third-order valence-electron chi connectivity index (χ3n) is 7.87. The van der Waals surface area contributed by atoms with Crippen molar-refractivity contribution in [3.8, 4) is 12.3 Å². The van der Waals surface area contributed by atoms with E-state index in [9.17, 15) is 9.59 Å². The van der Waals surface area contributed by atoms with Crippen molar-refractivity contribution >= 4 is 11.8 Å². The molecule has 0 heterocycles. The fourth-order valence-corrected chi connectivity index (χ4v) is 6.73. The summed E-state index contributed by atoms with van der Waals surface area (Å²) in [6, 6.07) is 0. The van der Waals surface area contributed by atoms with Crippen molar-refractivity contribution in [1.82, 2.24) is 0 Å². The molecule has 4 aliphatic carbocycles. The van der Waals surface area contributed by atoms with Crippen LogP contribution in [-0.4, -0.2) is 17.4 Å². The Balaban J connectivity index is 1.66. The predicted molar refractivity (Wildman–Crippen MR) is 95.5 cm³/mol. The molecule has 0 N–H and O–H groups in total. The third kappa shape index (κ3) is 2.33. The molecule has 0 aromatic heterocycles. The van der Waals surface area contributed by atoms with Gasteiger partial charge in [-0.1, -0.05) is 24.0 Å². The second kappa shape index (κ2) is 5.73. The van der Waals surface area contributed by atoms with Gasteiger partial charge in [0.25, 0.3) is 0 Å². The average Bonchev–Trinajstić information content (AvgIpc) is 2.87. The molecule has 0 aliphatic heterocycles. The maximum absolute atomic E-state index is 11.8. The molecule has 4 aliphatic rings. The van der Waals surface area contributed by atoms with E-state index < -0.39 is 5.60 Å². The minimum absolute atomic E-state index is 0.114. The van der Waals surface area contributed by atoms with Crippen LogP contribution in [0, 0.1) is 35.5 Å². The molecular formula is C22H28O3. The van der Waals surface area contributed by atoms with Crippen LogP contribution >= 0.6 is 0 Å². The Morgan fingerprint density at radius 2 is 2.00 bits per heavy atom. The van der Waals surface area contributed by atoms with E-state index in [1.165, 1.54) is 12.5 Å². The smallest absolute Gasteiger partial charge is 0.304 e. The highest BCUT2D eigenvalue weighted by atomic mass is 16.6. The van der Waals surface area contributed by atoms with Gasteiger partial charge in [0, 0.05) is 25.2 Å². The van der Waals surface area contributed by atoms with Crippen LogP contribution in [0.3, 0.4) is 0 Å². The lowest BCUT2D eigenvalue weighted by Crippen LogP contribution is -2.52. The Morgan fingerprint density at radius 3 is 2.72 bits per heavy atom. The van der Waals surface area contributed by atoms with Gasteiger partial charge in [-0.25, -0.2) is 0 Å². The van der Waals surface area contributed by atoms with E-state index in [1.807, 2.05) is 0 Å². The van der Waals surface area contributed by atoms with E-state index in [1.54, 1.807) is 5.57 Å². The Labute approximate surface area is 150 Å². The van der Waals surface area contributed by atoms with Gasteiger partial charge < -0.3 is 4.74 Å². The number of rotatable bonds is 1. The zero-order valence-corrected chi connectivity index (χ0v) is 15.4. The zero-order chi connectivity index (χ0) is 17.8. The van der Waals surface area contributed by atoms with E-state index in [4.69, 9.17) is 11.2 Å². The number of hydrogen-bond donors (Lipinski definition) is 0. The number of hydrogen-bond acceptors (Lipinski definition) is 3. The molecule has 0 radical (unpaired) electrons. The Hall–Kier alpha value is -1.56. The Kier molecular flexibility index (Phi) is 3.87. The summed E-state index contributed by atoms with van der Waals surface area (Å²) >= 11 is 0. The summed E-state index contributed by atoms with van der Waals surface area (Å²) in [5.74, 6) is 4.84. The van der Waals surface area contributed by atoms with Gasteiger partial charge in [0.15, 0.2) is 5.60 Å². The van der Waals surface area contributed by atoms with Gasteiger partial charge in [0.2, 0.25) is 0 Å². The standard InChI is InChI=1S/C22H28O3/c1-4-22(25-14(2)23)12-10-20-19-7-5-15-13-16(24)6-8-17(15)18(19)9-11-21(20,22)3/h1,18-20H,5-13H2,2-3H3. The van der Waals surface area contributed by atoms with Gasteiger partial charge in [-0.15, -0.1) is 6.42 Å². The summed E-state index contributed by atoms with van der Waals surface area (Å²) in [5.41, 5.74) is 2.20. The normalized spacial score (nSPS) is 42.9. The molecule has 2 fully saturated rings. The van der Waals surface area contributed by atoms with Crippen LogP contribution in [0.1, 0.15) is 71.6 Å². The van der Waals surface area contributed by atoms with Gasteiger partial charge >= 0.3 is 5.97 Å². The van der Waals surface area contributed by atoms with Gasteiger partial charge in [-0.05, 0) is 62.7 Å². The maximum atomic E-state index is 11.8. The molecule has 0 aromatic carbocycles. The molecule has 0 spiro atoms. The van der Waals surface area contributed by atoms with Gasteiger partial charge in [0.1, 0.15) is 5.78 Å². The lowest BCUT2D eigenvalue weighted by molar-refractivity contribution is -0.166. The number of esters is 1. The van der Waals surface area contributed by atoms with Crippen molar-refractivity contribution in [1.29, 1.82) is 0 Å². The molecule has 3 nitrogen and oxygen atoms in total. The summed E-state index contributed by atoms with van der Waals surface area (Å²) in [7, 11) is 0. The van der Waals surface area contributed by atoms with Crippen molar-refractivity contribution in [3.63, 3.8) is 0 Å². The summed E-state index contributed by atoms with van der Waals surface area (Å²) in [6.07, 6.45) is 14.5. The first-order valence-corrected chi connectivity index (χ1v) is 9.80. The minimum Gasteiger partial charge on any atom is -0.445 e. The van der Waals surface area contributed by atoms with Crippen LogP contribution in [0.25, 0.3) is 0 Å². The van der Waals surface area contributed by atoms with Crippen LogP contribution in [-0.2, 0) is 14.3 Å². The van der Waals surface area contributed by atoms with Gasteiger partial charge in [-0.3, -0.25) is 9.59 Å². The lowest BCUT2D eigenvalue weighted by Gasteiger charge is -2.53. The Morgan fingerprint density at radius 1 is 1.20 bits per heavy atom. The summed E-state index contributed by atoms with van der Waals surface area (Å²) < 4.78 is 5.79. The molecule has 3 heteroatoms. The molecule has 2 saturated carbocycles. The summed E-state index contributed by atoms with van der Waals surface area (Å²) in [5, 5.41) is 0. The molecule has 0 bridgehead atoms. The topological polar surface area (TPSA) is 43.4 Å². The number of carbonyl (C=O) groups excluding carboxylic acids is 2. The second-order valence-electron chi connectivity index (χ2n) is 8.82. The van der Waals surface area contributed by atoms with E-state index in [2.05, 4.69) is 12.8 Å². The second-order valence-corrected chi connectivity index (χ2v) is 8.82. The third-order valence-corrected chi connectivity index (χ3v) is 7.87. The highest BCUT2D eigenvalue weighted by Crippen LogP contribution is 2.65. The predicted octanol–water partition coefficient (Wildman–Crippen LogP) is 4.21. The van der Waals surface area contributed by atoms with Gasteiger partial charge in [-0.2, -0.15) is 0 Å². The number of terminal acetylenes is 1. The van der Waals surface area contributed by atoms with Gasteiger partial charge in [0.05, 0.1) is 0 Å². The van der Waals surface area contributed by atoms with Crippen LogP contribution < -0.4 is 0 Å². The van der Waals surface area contributed by atoms with E-state index >= 15 is 0 Å². The van der Waals surface area contributed by atoms with Crippen molar-refractivity contribution in [2.75, 3.05) is 0 Å². The highest BCUT2D eigenvalue weighted by molar-refractivity contribution is 5.82. The summed E-state index contributed by atoms with van der Waals surface area (Å²) in [6.45, 7) is 3.73. The van der Waals surface area contributed by atoms with Crippen molar-refractivity contribution < 1.29 is 14.3 Å². The van der Waals surface area contributed by atoms with Crippen LogP contribution in [0.5, 0.6) is 0 Å². The monoisotopic (exact) mass is 340 g/mol. The fourth-order valence-electron chi connectivity index (χ4n) is 6.73. The van der Waals surface area contributed by atoms with Crippen LogP contribution in [0.15, 0.2) is 11.1 Å². The molecule has 25 heavy (non-hydrogen) atoms. The molecule has 134 valence electrons. The lowest BCUT2D eigenvalue weighted by atomic mass is 9.52. The first-order chi connectivity index (χ1) is 11.9. The number of carbonyl (C=O) groups is 2. The van der Waals surface area contributed by atoms with E-state index in [0.29, 0.717) is 30.0 Å². The SMILES string of the molecule is C#CC1(OC(C)=O)CCC2C3CCC4=C(CCC(=O)C4)C3CCC21C. The number of ether oxygens (including phenoxy) is 1. The molecule has 5 unspecified atom stereocenters. The van der Waals surface area contributed by atoms with E-state index in [0.717, 1.165) is 51.4 Å². The molecule has 0 aromatic rings. The maximum Gasteiger partial charge on any atom is 0.304 e. The van der Waals surface area contributed by atoms with E-state index in [-0.39, 0.29) is 11.4 Å². The number of ketones is 1. The quantitative estimate of drug-likeness (QED) is 0.408. The molecule has 5 atom stereocenters. The fraction of sp³-hybridized carbons (Fsp3) is 0.727. The average molecular weight is 340 g/mol. The van der Waals surface area contributed by atoms with Crippen molar-refractivity contribution in [2.45, 2.75) is 77.2 Å². The number of allylic oxidation sites excluding steroid dienone is 2. The minimum atomic E-state index is -0.730. The first kappa shape index (κ1) is 16.9. The largest absolute Gasteiger partial charge is 0.445 e. The van der Waals surface area contributed by atoms with Crippen LogP contribution in [0.2, 0.25) is 0 Å². The Bertz CT molecular complexity index is 697. The van der Waals surface area contributed by atoms with Crippen LogP contribution in [0.4, 0.5) is 0 Å². The summed E-state index contributed by atoms with van der Waals surface area (Å²) in [4.78, 5) is 23.6. The number of fused-ring (bicyclic) bond motifs is 4. The molecule has 4 rings (SSSR count). The van der Waals surface area contributed by atoms with Crippen molar-refractivity contribution in [3.05, 3.63) is 11.1 Å².